The number of aryl methyl sites for hydroxylation is 1. The molecule has 0 fully saturated rings. The van der Waals surface area contributed by atoms with Gasteiger partial charge in [-0.2, -0.15) is 0 Å². The van der Waals surface area contributed by atoms with Gasteiger partial charge in [0.1, 0.15) is 17.5 Å². The van der Waals surface area contributed by atoms with Crippen molar-refractivity contribution in [3.8, 4) is 0 Å². The number of aromatic nitrogens is 2. The molecule has 20 heavy (non-hydrogen) atoms. The summed E-state index contributed by atoms with van der Waals surface area (Å²) in [6, 6.07) is 9.92. The molecule has 0 aliphatic heterocycles. The van der Waals surface area contributed by atoms with Crippen LogP contribution in [0.3, 0.4) is 0 Å². The van der Waals surface area contributed by atoms with Gasteiger partial charge in [-0.15, -0.1) is 0 Å². The van der Waals surface area contributed by atoms with Crippen LogP contribution in [-0.2, 0) is 6.42 Å². The molecule has 1 aromatic carbocycles. The number of nitrogens with one attached hydrogen (secondary N) is 1. The van der Waals surface area contributed by atoms with Crippen LogP contribution in [0, 0.1) is 13.8 Å². The van der Waals surface area contributed by atoms with Gasteiger partial charge in [0.15, 0.2) is 0 Å². The highest BCUT2D eigenvalue weighted by atomic mass is 16.3. The van der Waals surface area contributed by atoms with E-state index in [2.05, 4.69) is 15.3 Å². The van der Waals surface area contributed by atoms with Crippen LogP contribution in [0.5, 0.6) is 0 Å². The lowest BCUT2D eigenvalue weighted by Crippen LogP contribution is -2.27. The summed E-state index contributed by atoms with van der Waals surface area (Å²) in [5.41, 5.74) is 7.81. The van der Waals surface area contributed by atoms with E-state index < -0.39 is 0 Å². The first-order chi connectivity index (χ1) is 9.60. The minimum Gasteiger partial charge on any atom is -0.394 e. The van der Waals surface area contributed by atoms with Crippen molar-refractivity contribution in [2.24, 2.45) is 0 Å². The van der Waals surface area contributed by atoms with Gasteiger partial charge in [-0.3, -0.25) is 0 Å². The molecule has 0 radical (unpaired) electrons. The van der Waals surface area contributed by atoms with Crippen molar-refractivity contribution in [1.82, 2.24) is 9.97 Å². The number of nitrogens with two attached hydrogens (primary N) is 1. The highest BCUT2D eigenvalue weighted by Crippen LogP contribution is 2.18. The average Bonchev–Trinajstić information content (AvgIpc) is 2.44. The molecule has 0 spiro atoms. The second-order valence-electron chi connectivity index (χ2n) is 4.84. The van der Waals surface area contributed by atoms with Crippen LogP contribution in [0.15, 0.2) is 30.3 Å². The standard InChI is InChI=1S/C15H20N4O/c1-10-14(16)17-11(2)18-15(10)19-13(9-20)8-12-6-4-3-5-7-12/h3-7,13,20H,8-9H2,1-2H3,(H3,16,17,18,19). The van der Waals surface area contributed by atoms with Crippen molar-refractivity contribution in [2.75, 3.05) is 17.7 Å². The zero-order valence-corrected chi connectivity index (χ0v) is 11.8. The van der Waals surface area contributed by atoms with E-state index >= 15 is 0 Å². The Labute approximate surface area is 118 Å². The van der Waals surface area contributed by atoms with Crippen LogP contribution < -0.4 is 11.1 Å². The molecule has 1 heterocycles. The SMILES string of the molecule is Cc1nc(N)c(C)c(NC(CO)Cc2ccccc2)n1. The first kappa shape index (κ1) is 14.3. The molecule has 0 saturated carbocycles. The predicted octanol–water partition coefficient (Wildman–Crippen LogP) is 1.69. The minimum absolute atomic E-state index is 0.0251. The summed E-state index contributed by atoms with van der Waals surface area (Å²) < 4.78 is 0. The molecule has 0 aliphatic rings. The molecule has 5 nitrogen and oxygen atoms in total. The zero-order valence-electron chi connectivity index (χ0n) is 11.8. The first-order valence-corrected chi connectivity index (χ1v) is 6.62. The van der Waals surface area contributed by atoms with Crippen molar-refractivity contribution < 1.29 is 5.11 Å². The van der Waals surface area contributed by atoms with Crippen LogP contribution >= 0.6 is 0 Å². The Balaban J connectivity index is 2.14. The Morgan fingerprint density at radius 3 is 2.55 bits per heavy atom. The number of rotatable bonds is 5. The lowest BCUT2D eigenvalue weighted by atomic mass is 10.1. The fourth-order valence-electron chi connectivity index (χ4n) is 2.04. The van der Waals surface area contributed by atoms with Gasteiger partial charge in [-0.25, -0.2) is 9.97 Å². The smallest absolute Gasteiger partial charge is 0.135 e. The number of aliphatic hydroxyl groups is 1. The summed E-state index contributed by atoms with van der Waals surface area (Å²) in [6.07, 6.45) is 0.722. The van der Waals surface area contributed by atoms with Gasteiger partial charge in [0.25, 0.3) is 0 Å². The number of nitrogens with zero attached hydrogens (tertiary/aromatic N) is 2. The number of hydrogen-bond acceptors (Lipinski definition) is 5. The second kappa shape index (κ2) is 6.34. The molecule has 2 rings (SSSR count). The van der Waals surface area contributed by atoms with Crippen molar-refractivity contribution in [2.45, 2.75) is 26.3 Å². The van der Waals surface area contributed by atoms with E-state index in [1.54, 1.807) is 6.92 Å². The molecule has 5 heteroatoms. The Morgan fingerprint density at radius 1 is 1.20 bits per heavy atom. The average molecular weight is 272 g/mol. The van der Waals surface area contributed by atoms with Crippen LogP contribution in [-0.4, -0.2) is 27.7 Å². The lowest BCUT2D eigenvalue weighted by Gasteiger charge is -2.19. The van der Waals surface area contributed by atoms with E-state index in [4.69, 9.17) is 5.73 Å². The van der Waals surface area contributed by atoms with Gasteiger partial charge < -0.3 is 16.2 Å². The Hall–Kier alpha value is -2.14. The van der Waals surface area contributed by atoms with E-state index in [0.717, 1.165) is 17.5 Å². The molecule has 0 amide bonds. The molecule has 2 aromatic rings. The van der Waals surface area contributed by atoms with E-state index in [1.807, 2.05) is 37.3 Å². The minimum atomic E-state index is -0.107. The van der Waals surface area contributed by atoms with E-state index in [1.165, 1.54) is 0 Å². The maximum absolute atomic E-state index is 9.54. The molecule has 1 unspecified atom stereocenters. The molecule has 0 bridgehead atoms. The number of anilines is 2. The van der Waals surface area contributed by atoms with Gasteiger partial charge in [0, 0.05) is 5.56 Å². The van der Waals surface area contributed by atoms with Gasteiger partial charge in [-0.1, -0.05) is 30.3 Å². The third kappa shape index (κ3) is 3.45. The molecular weight excluding hydrogens is 252 g/mol. The summed E-state index contributed by atoms with van der Waals surface area (Å²) in [7, 11) is 0. The summed E-state index contributed by atoms with van der Waals surface area (Å²) in [6.45, 7) is 3.69. The molecular formula is C15H20N4O. The van der Waals surface area contributed by atoms with Crippen molar-refractivity contribution in [3.05, 3.63) is 47.3 Å². The summed E-state index contributed by atoms with van der Waals surface area (Å²) in [5.74, 6) is 1.77. The number of benzene rings is 1. The molecule has 1 atom stereocenters. The lowest BCUT2D eigenvalue weighted by molar-refractivity contribution is 0.273. The number of aliphatic hydroxyl groups excluding tert-OH is 1. The highest BCUT2D eigenvalue weighted by molar-refractivity contribution is 5.55. The molecule has 106 valence electrons. The fraction of sp³-hybridized carbons (Fsp3) is 0.333. The summed E-state index contributed by atoms with van der Waals surface area (Å²) in [4.78, 5) is 8.46. The molecule has 4 N–H and O–H groups in total. The quantitative estimate of drug-likeness (QED) is 0.771. The van der Waals surface area contributed by atoms with E-state index in [-0.39, 0.29) is 12.6 Å². The van der Waals surface area contributed by atoms with Gasteiger partial charge in [0.2, 0.25) is 0 Å². The highest BCUT2D eigenvalue weighted by Gasteiger charge is 2.13. The van der Waals surface area contributed by atoms with Crippen LogP contribution in [0.1, 0.15) is 17.0 Å². The van der Waals surface area contributed by atoms with Crippen LogP contribution in [0.25, 0.3) is 0 Å². The number of nitrogen functional groups attached to an aromatic ring is 1. The van der Waals surface area contributed by atoms with E-state index in [9.17, 15) is 5.11 Å². The Bertz CT molecular complexity index is 572. The maximum Gasteiger partial charge on any atom is 0.135 e. The normalized spacial score (nSPS) is 12.2. The fourth-order valence-corrected chi connectivity index (χ4v) is 2.04. The van der Waals surface area contributed by atoms with E-state index in [0.29, 0.717) is 17.5 Å². The van der Waals surface area contributed by atoms with Crippen molar-refractivity contribution in [3.63, 3.8) is 0 Å². The Kier molecular flexibility index (Phi) is 4.53. The van der Waals surface area contributed by atoms with Crippen LogP contribution in [0.2, 0.25) is 0 Å². The zero-order chi connectivity index (χ0) is 14.5. The van der Waals surface area contributed by atoms with Gasteiger partial charge in [-0.05, 0) is 25.8 Å². The van der Waals surface area contributed by atoms with Crippen molar-refractivity contribution >= 4 is 11.6 Å². The first-order valence-electron chi connectivity index (χ1n) is 6.62. The molecule has 0 aliphatic carbocycles. The van der Waals surface area contributed by atoms with Gasteiger partial charge in [0.05, 0.1) is 12.6 Å². The van der Waals surface area contributed by atoms with Crippen LogP contribution in [0.4, 0.5) is 11.6 Å². The molecule has 1 aromatic heterocycles. The molecule has 0 saturated heterocycles. The number of hydrogen-bond donors (Lipinski definition) is 3. The predicted molar refractivity (Wildman–Crippen MR) is 80.6 cm³/mol. The second-order valence-corrected chi connectivity index (χ2v) is 4.84. The summed E-state index contributed by atoms with van der Waals surface area (Å²) in [5, 5.41) is 12.8. The third-order valence-electron chi connectivity index (χ3n) is 3.18. The topological polar surface area (TPSA) is 84.1 Å². The largest absolute Gasteiger partial charge is 0.394 e. The maximum atomic E-state index is 9.54. The summed E-state index contributed by atoms with van der Waals surface area (Å²) >= 11 is 0. The van der Waals surface area contributed by atoms with Crippen molar-refractivity contribution in [1.29, 1.82) is 0 Å². The van der Waals surface area contributed by atoms with Gasteiger partial charge >= 0.3 is 0 Å². The Morgan fingerprint density at radius 2 is 1.90 bits per heavy atom. The monoisotopic (exact) mass is 272 g/mol. The third-order valence-corrected chi connectivity index (χ3v) is 3.18.